The number of amides is 3. The van der Waals surface area contributed by atoms with Crippen molar-refractivity contribution in [3.8, 4) is 11.4 Å². The smallest absolute Gasteiger partial charge is 0.293 e. The van der Waals surface area contributed by atoms with Crippen molar-refractivity contribution in [3.05, 3.63) is 64.8 Å². The lowest BCUT2D eigenvalue weighted by Crippen LogP contribution is -2.37. The highest BCUT2D eigenvalue weighted by Crippen LogP contribution is 2.31. The maximum atomic E-state index is 12.5. The molecule has 0 radical (unpaired) electrons. The third-order valence-electron chi connectivity index (χ3n) is 4.99. The molecular weight excluding hydrogens is 472 g/mol. The Kier molecular flexibility index (Phi) is 7.43. The quantitative estimate of drug-likeness (QED) is 0.376. The zero-order valence-corrected chi connectivity index (χ0v) is 20.2. The zero-order chi connectivity index (χ0) is 24.1. The molecule has 4 rings (SSSR count). The number of nitrogens with one attached hydrogen (secondary N) is 1. The van der Waals surface area contributed by atoms with E-state index in [1.165, 1.54) is 11.8 Å². The summed E-state index contributed by atoms with van der Waals surface area (Å²) in [4.78, 5) is 42.5. The number of aromatic nitrogens is 4. The van der Waals surface area contributed by atoms with Crippen LogP contribution >= 0.6 is 23.5 Å². The second-order valence-electron chi connectivity index (χ2n) is 7.49. The molecule has 0 bridgehead atoms. The molecule has 9 nitrogen and oxygen atoms in total. The van der Waals surface area contributed by atoms with E-state index in [9.17, 15) is 14.4 Å². The third kappa shape index (κ3) is 5.54. The van der Waals surface area contributed by atoms with Gasteiger partial charge in [0.2, 0.25) is 5.91 Å². The summed E-state index contributed by atoms with van der Waals surface area (Å²) < 4.78 is 1.84. The van der Waals surface area contributed by atoms with Gasteiger partial charge in [-0.05, 0) is 36.4 Å². The number of aryl methyl sites for hydroxylation is 1. The molecule has 34 heavy (non-hydrogen) atoms. The number of carbonyl (C=O) groups is 3. The van der Waals surface area contributed by atoms with Gasteiger partial charge in [-0.2, -0.15) is 0 Å². The average Bonchev–Trinajstić information content (AvgIpc) is 3.32. The number of thioether (sulfide) groups is 2. The number of rotatable bonds is 8. The Labute approximate surface area is 205 Å². The van der Waals surface area contributed by atoms with Crippen LogP contribution in [0.3, 0.4) is 0 Å². The number of imide groups is 1. The Morgan fingerprint density at radius 2 is 1.97 bits per heavy atom. The van der Waals surface area contributed by atoms with E-state index in [1.54, 1.807) is 30.6 Å². The van der Waals surface area contributed by atoms with Crippen molar-refractivity contribution in [2.24, 2.45) is 7.05 Å². The van der Waals surface area contributed by atoms with Crippen LogP contribution in [-0.2, 0) is 16.6 Å². The summed E-state index contributed by atoms with van der Waals surface area (Å²) in [5.74, 6) is 0.275. The number of benzene rings is 1. The van der Waals surface area contributed by atoms with Gasteiger partial charge in [0.05, 0.1) is 10.7 Å². The fraction of sp³-hybridized carbons (Fsp3) is 0.217. The average molecular weight is 495 g/mol. The largest absolute Gasteiger partial charge is 0.354 e. The van der Waals surface area contributed by atoms with Crippen LogP contribution in [0, 0.1) is 6.92 Å². The number of nitrogens with zero attached hydrogens (tertiary/aromatic N) is 5. The topological polar surface area (TPSA) is 110 Å². The second kappa shape index (κ2) is 10.7. The highest BCUT2D eigenvalue weighted by molar-refractivity contribution is 8.18. The molecule has 0 saturated carbocycles. The van der Waals surface area contributed by atoms with Gasteiger partial charge in [0, 0.05) is 38.1 Å². The molecule has 0 spiro atoms. The van der Waals surface area contributed by atoms with E-state index in [2.05, 4.69) is 20.5 Å². The molecule has 3 aromatic rings. The van der Waals surface area contributed by atoms with E-state index in [4.69, 9.17) is 0 Å². The van der Waals surface area contributed by atoms with Crippen LogP contribution in [0.4, 0.5) is 4.79 Å². The molecule has 1 N–H and O–H groups in total. The minimum Gasteiger partial charge on any atom is -0.354 e. The summed E-state index contributed by atoms with van der Waals surface area (Å²) in [6.07, 6.45) is 4.89. The third-order valence-corrected chi connectivity index (χ3v) is 6.92. The van der Waals surface area contributed by atoms with Gasteiger partial charge in [-0.3, -0.25) is 24.3 Å². The van der Waals surface area contributed by atoms with Crippen LogP contribution in [-0.4, -0.2) is 60.5 Å². The summed E-state index contributed by atoms with van der Waals surface area (Å²) in [6.45, 7) is 2.30. The van der Waals surface area contributed by atoms with Gasteiger partial charge in [0.1, 0.15) is 0 Å². The van der Waals surface area contributed by atoms with Crippen LogP contribution in [0.5, 0.6) is 0 Å². The second-order valence-corrected chi connectivity index (χ2v) is 9.43. The van der Waals surface area contributed by atoms with Crippen molar-refractivity contribution in [1.29, 1.82) is 0 Å². The molecule has 1 fully saturated rings. The highest BCUT2D eigenvalue weighted by atomic mass is 32.2. The monoisotopic (exact) mass is 494 g/mol. The van der Waals surface area contributed by atoms with Crippen molar-refractivity contribution in [2.75, 3.05) is 18.8 Å². The van der Waals surface area contributed by atoms with Crippen LogP contribution in [0.1, 0.15) is 11.1 Å². The van der Waals surface area contributed by atoms with Crippen molar-refractivity contribution < 1.29 is 14.4 Å². The standard InChI is InChI=1S/C23H22N6O3S2/c1-15-5-7-17(8-6-15)20-26-27-22(28(20)2)33-14-19(30)25-10-11-29-21(31)18(34-23(29)32)12-16-4-3-9-24-13-16/h3-9,12-13H,10-11,14H2,1-2H3,(H,25,30)/b18-12-. The van der Waals surface area contributed by atoms with Crippen molar-refractivity contribution >= 4 is 46.7 Å². The van der Waals surface area contributed by atoms with Crippen LogP contribution in [0.2, 0.25) is 0 Å². The molecule has 0 aliphatic carbocycles. The molecule has 0 unspecified atom stereocenters. The summed E-state index contributed by atoms with van der Waals surface area (Å²) in [5, 5.41) is 11.4. The molecule has 3 heterocycles. The molecular formula is C23H22N6O3S2. The maximum Gasteiger partial charge on any atom is 0.293 e. The highest BCUT2D eigenvalue weighted by Gasteiger charge is 2.34. The maximum absolute atomic E-state index is 12.5. The number of hydrogen-bond acceptors (Lipinski definition) is 8. The van der Waals surface area contributed by atoms with E-state index < -0.39 is 0 Å². The van der Waals surface area contributed by atoms with E-state index in [0.717, 1.165) is 39.2 Å². The lowest BCUT2D eigenvalue weighted by atomic mass is 10.1. The van der Waals surface area contributed by atoms with Crippen LogP contribution in [0.15, 0.2) is 58.9 Å². The lowest BCUT2D eigenvalue weighted by molar-refractivity contribution is -0.123. The van der Waals surface area contributed by atoms with Crippen molar-refractivity contribution in [3.63, 3.8) is 0 Å². The first-order valence-electron chi connectivity index (χ1n) is 10.4. The predicted molar refractivity (Wildman–Crippen MR) is 132 cm³/mol. The minimum atomic E-state index is -0.370. The van der Waals surface area contributed by atoms with Gasteiger partial charge in [0.15, 0.2) is 11.0 Å². The Balaban J connectivity index is 1.26. The minimum absolute atomic E-state index is 0.104. The van der Waals surface area contributed by atoms with E-state index in [1.807, 2.05) is 42.8 Å². The van der Waals surface area contributed by atoms with Gasteiger partial charge in [0.25, 0.3) is 11.1 Å². The molecule has 1 aromatic carbocycles. The predicted octanol–water partition coefficient (Wildman–Crippen LogP) is 3.13. The molecule has 2 aromatic heterocycles. The molecule has 0 atom stereocenters. The van der Waals surface area contributed by atoms with Crippen molar-refractivity contribution in [1.82, 2.24) is 30.0 Å². The molecule has 3 amide bonds. The van der Waals surface area contributed by atoms with Gasteiger partial charge >= 0.3 is 0 Å². The summed E-state index contributed by atoms with van der Waals surface area (Å²) in [7, 11) is 1.86. The lowest BCUT2D eigenvalue weighted by Gasteiger charge is -2.12. The number of hydrogen-bond donors (Lipinski definition) is 1. The fourth-order valence-electron chi connectivity index (χ4n) is 3.19. The first-order chi connectivity index (χ1) is 16.4. The van der Waals surface area contributed by atoms with E-state index in [0.29, 0.717) is 10.1 Å². The number of carbonyl (C=O) groups excluding carboxylic acids is 3. The Morgan fingerprint density at radius 3 is 2.71 bits per heavy atom. The molecule has 1 aliphatic rings. The summed E-state index contributed by atoms with van der Waals surface area (Å²) >= 11 is 2.15. The van der Waals surface area contributed by atoms with Gasteiger partial charge in [-0.1, -0.05) is 47.7 Å². The Hall–Kier alpha value is -3.44. The molecule has 174 valence electrons. The van der Waals surface area contributed by atoms with Crippen molar-refractivity contribution in [2.45, 2.75) is 12.1 Å². The first kappa shape index (κ1) is 23.7. The van der Waals surface area contributed by atoms with Gasteiger partial charge < -0.3 is 9.88 Å². The SMILES string of the molecule is Cc1ccc(-c2nnc(SCC(=O)NCCN3C(=O)S/C(=C\c4cccnc4)C3=O)n2C)cc1. The van der Waals surface area contributed by atoms with Crippen LogP contribution in [0.25, 0.3) is 17.5 Å². The fourth-order valence-corrected chi connectivity index (χ4v) is 4.79. The molecule has 1 aliphatic heterocycles. The summed E-state index contributed by atoms with van der Waals surface area (Å²) in [6, 6.07) is 11.5. The zero-order valence-electron chi connectivity index (χ0n) is 18.6. The normalized spacial score (nSPS) is 14.8. The van der Waals surface area contributed by atoms with Gasteiger partial charge in [-0.25, -0.2) is 0 Å². The van der Waals surface area contributed by atoms with E-state index >= 15 is 0 Å². The summed E-state index contributed by atoms with van der Waals surface area (Å²) in [5.41, 5.74) is 2.85. The van der Waals surface area contributed by atoms with Gasteiger partial charge in [-0.15, -0.1) is 10.2 Å². The Bertz CT molecular complexity index is 1240. The number of pyridine rings is 1. The first-order valence-corrected chi connectivity index (χ1v) is 12.2. The van der Waals surface area contributed by atoms with E-state index in [-0.39, 0.29) is 35.9 Å². The van der Waals surface area contributed by atoms with Crippen LogP contribution < -0.4 is 5.32 Å². The molecule has 1 saturated heterocycles. The molecule has 11 heteroatoms. The Morgan fingerprint density at radius 1 is 1.18 bits per heavy atom.